The van der Waals surface area contributed by atoms with Crippen LogP contribution in [0.5, 0.6) is 0 Å². The van der Waals surface area contributed by atoms with Crippen LogP contribution < -0.4 is 10.6 Å². The Balaban J connectivity index is 1.75. The molecule has 0 saturated heterocycles. The summed E-state index contributed by atoms with van der Waals surface area (Å²) >= 11 is 1.62. The van der Waals surface area contributed by atoms with Crippen LogP contribution in [0.25, 0.3) is 10.2 Å². The second kappa shape index (κ2) is 8.75. The number of hydrogen-bond acceptors (Lipinski definition) is 5. The number of nitrogens with zero attached hydrogens (tertiary/aromatic N) is 2. The van der Waals surface area contributed by atoms with E-state index in [2.05, 4.69) is 29.5 Å². The number of likely N-dealkylation sites (N-methyl/N-ethyl adjacent to an activating group) is 1. The molecule has 0 spiro atoms. The summed E-state index contributed by atoms with van der Waals surface area (Å²) in [5.41, 5.74) is 0.972. The molecule has 24 heavy (non-hydrogen) atoms. The normalized spacial score (nSPS) is 11.2. The van der Waals surface area contributed by atoms with E-state index in [1.807, 2.05) is 36.2 Å². The summed E-state index contributed by atoms with van der Waals surface area (Å²) in [7, 11) is 1.84. The highest BCUT2D eigenvalue weighted by molar-refractivity contribution is 7.18. The molecule has 0 saturated carbocycles. The average Bonchev–Trinajstić information content (AvgIpc) is 2.88. The number of rotatable bonds is 7. The van der Waals surface area contributed by atoms with E-state index >= 15 is 0 Å². The third kappa shape index (κ3) is 5.90. The number of carbonyl (C=O) groups excluding carboxylic acids is 2. The van der Waals surface area contributed by atoms with Crippen LogP contribution in [0.4, 0.5) is 4.79 Å². The van der Waals surface area contributed by atoms with Crippen LogP contribution in [0, 0.1) is 5.92 Å². The third-order valence-electron chi connectivity index (χ3n) is 3.42. The minimum absolute atomic E-state index is 0.146. The number of urea groups is 1. The Labute approximate surface area is 146 Å². The Morgan fingerprint density at radius 2 is 2.04 bits per heavy atom. The first kappa shape index (κ1) is 18.4. The number of hydrogen-bond donors (Lipinski definition) is 2. The van der Waals surface area contributed by atoms with Gasteiger partial charge < -0.3 is 5.32 Å². The summed E-state index contributed by atoms with van der Waals surface area (Å²) in [5.74, 6) is 0.196. The summed E-state index contributed by atoms with van der Waals surface area (Å²) in [4.78, 5) is 29.9. The maximum atomic E-state index is 11.9. The van der Waals surface area contributed by atoms with Gasteiger partial charge in [0, 0.05) is 6.54 Å². The quantitative estimate of drug-likeness (QED) is 0.806. The molecule has 130 valence electrons. The van der Waals surface area contributed by atoms with Gasteiger partial charge in [-0.25, -0.2) is 9.78 Å². The summed E-state index contributed by atoms with van der Waals surface area (Å²) in [6.45, 7) is 5.46. The van der Waals surface area contributed by atoms with Gasteiger partial charge in [0.25, 0.3) is 0 Å². The highest BCUT2D eigenvalue weighted by Crippen LogP contribution is 2.22. The molecule has 0 aliphatic heterocycles. The minimum atomic E-state index is -0.436. The monoisotopic (exact) mass is 348 g/mol. The van der Waals surface area contributed by atoms with Crippen LogP contribution in [0.15, 0.2) is 24.3 Å². The topological polar surface area (TPSA) is 74.3 Å². The molecule has 1 aromatic carbocycles. The van der Waals surface area contributed by atoms with E-state index in [4.69, 9.17) is 0 Å². The van der Waals surface area contributed by atoms with Crippen LogP contribution >= 0.6 is 11.3 Å². The number of carbonyl (C=O) groups is 2. The van der Waals surface area contributed by atoms with Gasteiger partial charge in [0.2, 0.25) is 5.91 Å². The number of fused-ring (bicyclic) bond motifs is 1. The first-order valence-corrected chi connectivity index (χ1v) is 8.86. The van der Waals surface area contributed by atoms with Gasteiger partial charge in [-0.15, -0.1) is 11.3 Å². The molecule has 0 aliphatic carbocycles. The summed E-state index contributed by atoms with van der Waals surface area (Å²) in [5, 5.41) is 5.99. The van der Waals surface area contributed by atoms with Crippen molar-refractivity contribution >= 4 is 33.5 Å². The molecular formula is C17H24N4O2S. The van der Waals surface area contributed by atoms with Crippen molar-refractivity contribution in [3.8, 4) is 0 Å². The lowest BCUT2D eigenvalue weighted by atomic mass is 10.1. The van der Waals surface area contributed by atoms with E-state index in [0.717, 1.165) is 21.6 Å². The van der Waals surface area contributed by atoms with Crippen molar-refractivity contribution < 1.29 is 9.59 Å². The molecule has 1 aromatic heterocycles. The largest absolute Gasteiger partial charge is 0.338 e. The van der Waals surface area contributed by atoms with E-state index in [-0.39, 0.29) is 12.5 Å². The van der Waals surface area contributed by atoms with Gasteiger partial charge in [-0.2, -0.15) is 0 Å². The van der Waals surface area contributed by atoms with E-state index in [0.29, 0.717) is 19.0 Å². The summed E-state index contributed by atoms with van der Waals surface area (Å²) < 4.78 is 1.13. The number of aromatic nitrogens is 1. The number of para-hydroxylation sites is 1. The SMILES string of the molecule is CC(C)CCNC(=O)NC(=O)CN(C)Cc1nc2ccccc2s1. The standard InChI is InChI=1S/C17H24N4O2S/c1-12(2)8-9-18-17(23)20-15(22)10-21(3)11-16-19-13-6-4-5-7-14(13)24-16/h4-7,12H,8-11H2,1-3H3,(H2,18,20,22,23). The third-order valence-corrected chi connectivity index (χ3v) is 4.44. The molecule has 0 atom stereocenters. The predicted octanol–water partition coefficient (Wildman–Crippen LogP) is 2.60. The fraction of sp³-hybridized carbons (Fsp3) is 0.471. The Kier molecular flexibility index (Phi) is 6.69. The summed E-state index contributed by atoms with van der Waals surface area (Å²) in [6, 6.07) is 7.52. The molecule has 2 N–H and O–H groups in total. The number of benzene rings is 1. The molecule has 2 aromatic rings. The summed E-state index contributed by atoms with van der Waals surface area (Å²) in [6.07, 6.45) is 0.888. The molecule has 0 bridgehead atoms. The Morgan fingerprint density at radius 1 is 1.29 bits per heavy atom. The van der Waals surface area contributed by atoms with E-state index in [1.165, 1.54) is 0 Å². The molecule has 2 rings (SSSR count). The first-order valence-electron chi connectivity index (χ1n) is 8.04. The van der Waals surface area contributed by atoms with Crippen molar-refractivity contribution in [1.82, 2.24) is 20.5 Å². The zero-order valence-corrected chi connectivity index (χ0v) is 15.2. The molecule has 7 heteroatoms. The Bertz CT molecular complexity index is 666. The molecule has 1 heterocycles. The molecular weight excluding hydrogens is 324 g/mol. The zero-order chi connectivity index (χ0) is 17.5. The fourth-order valence-electron chi connectivity index (χ4n) is 2.20. The van der Waals surface area contributed by atoms with Gasteiger partial charge >= 0.3 is 6.03 Å². The zero-order valence-electron chi connectivity index (χ0n) is 14.3. The van der Waals surface area contributed by atoms with Crippen LogP contribution in [-0.2, 0) is 11.3 Å². The highest BCUT2D eigenvalue weighted by Gasteiger charge is 2.12. The number of nitrogens with one attached hydrogen (secondary N) is 2. The smallest absolute Gasteiger partial charge is 0.321 e. The van der Waals surface area contributed by atoms with Gasteiger partial charge in [-0.3, -0.25) is 15.0 Å². The predicted molar refractivity (Wildman–Crippen MR) is 97.0 cm³/mol. The van der Waals surface area contributed by atoms with Gasteiger partial charge in [0.05, 0.1) is 23.3 Å². The molecule has 3 amide bonds. The van der Waals surface area contributed by atoms with E-state index < -0.39 is 6.03 Å². The van der Waals surface area contributed by atoms with Crippen molar-refractivity contribution in [2.45, 2.75) is 26.8 Å². The minimum Gasteiger partial charge on any atom is -0.338 e. The average molecular weight is 348 g/mol. The highest BCUT2D eigenvalue weighted by atomic mass is 32.1. The van der Waals surface area contributed by atoms with Gasteiger partial charge in [0.15, 0.2) is 0 Å². The van der Waals surface area contributed by atoms with Crippen LogP contribution in [0.2, 0.25) is 0 Å². The fourth-order valence-corrected chi connectivity index (χ4v) is 3.25. The maximum absolute atomic E-state index is 11.9. The lowest BCUT2D eigenvalue weighted by molar-refractivity contribution is -0.120. The Morgan fingerprint density at radius 3 is 2.75 bits per heavy atom. The number of amides is 3. The van der Waals surface area contributed by atoms with Crippen molar-refractivity contribution in [2.24, 2.45) is 5.92 Å². The Hall–Kier alpha value is -1.99. The molecule has 0 aliphatic rings. The van der Waals surface area contributed by atoms with Crippen molar-refractivity contribution in [2.75, 3.05) is 20.1 Å². The van der Waals surface area contributed by atoms with Crippen LogP contribution in [-0.4, -0.2) is 42.0 Å². The van der Waals surface area contributed by atoms with E-state index in [9.17, 15) is 9.59 Å². The lowest BCUT2D eigenvalue weighted by Crippen LogP contribution is -2.44. The number of thiazole rings is 1. The lowest BCUT2D eigenvalue weighted by Gasteiger charge is -2.14. The van der Waals surface area contributed by atoms with Crippen LogP contribution in [0.3, 0.4) is 0 Å². The van der Waals surface area contributed by atoms with Gasteiger partial charge in [-0.05, 0) is 31.5 Å². The van der Waals surface area contributed by atoms with Crippen molar-refractivity contribution in [3.63, 3.8) is 0 Å². The maximum Gasteiger partial charge on any atom is 0.321 e. The second-order valence-corrected chi connectivity index (χ2v) is 7.35. The van der Waals surface area contributed by atoms with Crippen molar-refractivity contribution in [1.29, 1.82) is 0 Å². The number of imide groups is 1. The van der Waals surface area contributed by atoms with Crippen LogP contribution in [0.1, 0.15) is 25.3 Å². The van der Waals surface area contributed by atoms with Crippen molar-refractivity contribution in [3.05, 3.63) is 29.3 Å². The van der Waals surface area contributed by atoms with Gasteiger partial charge in [0.1, 0.15) is 5.01 Å². The van der Waals surface area contributed by atoms with Gasteiger partial charge in [-0.1, -0.05) is 26.0 Å². The molecule has 0 unspecified atom stereocenters. The molecule has 6 nitrogen and oxygen atoms in total. The first-order chi connectivity index (χ1) is 11.4. The second-order valence-electron chi connectivity index (χ2n) is 6.23. The molecule has 0 radical (unpaired) electrons. The molecule has 0 fully saturated rings. The van der Waals surface area contributed by atoms with E-state index in [1.54, 1.807) is 11.3 Å².